The SMILES string of the molecule is O=C([O-])c1ccccc1-c1c2ccc(=[N+]3CCCC3)cc-2oc2cc3c(cc12)[C@@]1(OC(=O)c2ccccc21)c1ccc(N2CCCC2)cc1O3. The second-order valence-corrected chi connectivity index (χ2v) is 13.6. The monoisotopic (exact) mass is 660 g/mol. The first-order chi connectivity index (χ1) is 24.5. The molecule has 246 valence electrons. The molecule has 1 spiro atoms. The fraction of sp³-hybridized carbons (Fsp3) is 0.214. The number of carboxylic acid groups (broad SMARTS) is 1. The molecule has 0 bridgehead atoms. The molecular formula is C42H32N2O6. The molecule has 0 aromatic heterocycles. The molecule has 1 atom stereocenters. The maximum atomic E-state index is 13.7. The third-order valence-electron chi connectivity index (χ3n) is 10.9. The van der Waals surface area contributed by atoms with Gasteiger partial charge in [0, 0.05) is 88.6 Å². The van der Waals surface area contributed by atoms with Crippen molar-refractivity contribution in [1.82, 2.24) is 4.58 Å². The highest BCUT2D eigenvalue weighted by Crippen LogP contribution is 2.58. The van der Waals surface area contributed by atoms with Crippen LogP contribution in [0.5, 0.6) is 11.5 Å². The number of carbonyl (C=O) groups excluding carboxylic acids is 2. The minimum atomic E-state index is -1.30. The van der Waals surface area contributed by atoms with Gasteiger partial charge in [-0.15, -0.1) is 0 Å². The number of hydrogen-bond acceptors (Lipinski definition) is 7. The lowest BCUT2D eigenvalue weighted by Crippen LogP contribution is -2.33. The zero-order valence-electron chi connectivity index (χ0n) is 27.2. The third kappa shape index (κ3) is 4.14. The Kier molecular flexibility index (Phi) is 6.28. The zero-order chi connectivity index (χ0) is 33.6. The van der Waals surface area contributed by atoms with Crippen molar-refractivity contribution >= 4 is 28.6 Å². The molecule has 0 saturated carbocycles. The first kappa shape index (κ1) is 29.1. The molecule has 4 aromatic rings. The second-order valence-electron chi connectivity index (χ2n) is 13.6. The average molecular weight is 661 g/mol. The van der Waals surface area contributed by atoms with Gasteiger partial charge in [0.1, 0.15) is 35.9 Å². The molecule has 4 aromatic carbocycles. The molecule has 8 nitrogen and oxygen atoms in total. The van der Waals surface area contributed by atoms with Crippen molar-refractivity contribution in [3.05, 3.63) is 130 Å². The average Bonchev–Trinajstić information content (AvgIpc) is 3.93. The van der Waals surface area contributed by atoms with Crippen LogP contribution in [0.2, 0.25) is 0 Å². The van der Waals surface area contributed by atoms with Gasteiger partial charge in [0.05, 0.1) is 17.6 Å². The molecule has 5 heterocycles. The highest BCUT2D eigenvalue weighted by Gasteiger charge is 2.54. The van der Waals surface area contributed by atoms with E-state index in [1.165, 1.54) is 0 Å². The minimum absolute atomic E-state index is 0.0750. The van der Waals surface area contributed by atoms with Crippen LogP contribution < -0.4 is 24.7 Å². The highest BCUT2D eigenvalue weighted by molar-refractivity contribution is 6.08. The van der Waals surface area contributed by atoms with Gasteiger partial charge in [-0.25, -0.2) is 9.37 Å². The van der Waals surface area contributed by atoms with E-state index in [1.807, 2.05) is 60.7 Å². The van der Waals surface area contributed by atoms with Crippen LogP contribution in [0.25, 0.3) is 33.4 Å². The summed E-state index contributed by atoms with van der Waals surface area (Å²) >= 11 is 0. The van der Waals surface area contributed by atoms with E-state index in [9.17, 15) is 14.7 Å². The van der Waals surface area contributed by atoms with E-state index in [2.05, 4.69) is 21.6 Å². The van der Waals surface area contributed by atoms with E-state index in [0.29, 0.717) is 50.5 Å². The van der Waals surface area contributed by atoms with Gasteiger partial charge < -0.3 is 28.7 Å². The minimum Gasteiger partial charge on any atom is -0.545 e. The van der Waals surface area contributed by atoms with Gasteiger partial charge in [0.2, 0.25) is 5.36 Å². The Morgan fingerprint density at radius 2 is 1.50 bits per heavy atom. The fourth-order valence-corrected chi connectivity index (χ4v) is 8.55. The third-order valence-corrected chi connectivity index (χ3v) is 10.9. The van der Waals surface area contributed by atoms with E-state index in [1.54, 1.807) is 24.3 Å². The van der Waals surface area contributed by atoms with Crippen molar-refractivity contribution in [3.63, 3.8) is 0 Å². The molecule has 50 heavy (non-hydrogen) atoms. The molecular weight excluding hydrogens is 628 g/mol. The van der Waals surface area contributed by atoms with Gasteiger partial charge in [0.15, 0.2) is 5.60 Å². The Morgan fingerprint density at radius 3 is 2.32 bits per heavy atom. The van der Waals surface area contributed by atoms with Crippen molar-refractivity contribution < 1.29 is 28.6 Å². The summed E-state index contributed by atoms with van der Waals surface area (Å²) in [7, 11) is 0. The molecule has 2 fully saturated rings. The number of nitrogens with zero attached hydrogens (tertiary/aromatic N) is 2. The number of rotatable bonds is 3. The highest BCUT2D eigenvalue weighted by atomic mass is 16.6. The summed E-state index contributed by atoms with van der Waals surface area (Å²) in [6, 6.07) is 30.5. The van der Waals surface area contributed by atoms with E-state index < -0.39 is 17.5 Å². The molecule has 10 rings (SSSR count). The lowest BCUT2D eigenvalue weighted by Gasteiger charge is -2.37. The topological polar surface area (TPSA) is 95.0 Å². The second kappa shape index (κ2) is 10.8. The normalized spacial score (nSPS) is 19.1. The van der Waals surface area contributed by atoms with Gasteiger partial charge >= 0.3 is 5.97 Å². The lowest BCUT2D eigenvalue weighted by molar-refractivity contribution is -0.254. The number of ether oxygens (including phenoxy) is 2. The van der Waals surface area contributed by atoms with Crippen LogP contribution in [0, 0.1) is 0 Å². The van der Waals surface area contributed by atoms with E-state index >= 15 is 0 Å². The number of carboxylic acids is 1. The molecule has 0 unspecified atom stereocenters. The van der Waals surface area contributed by atoms with Gasteiger partial charge in [-0.3, -0.25) is 0 Å². The largest absolute Gasteiger partial charge is 0.545 e. The summed E-state index contributed by atoms with van der Waals surface area (Å²) in [5.74, 6) is 0.0695. The predicted molar refractivity (Wildman–Crippen MR) is 187 cm³/mol. The number of anilines is 1. The molecule has 0 N–H and O–H groups in total. The molecule has 5 aliphatic heterocycles. The number of hydrogen-bond donors (Lipinski definition) is 0. The lowest BCUT2D eigenvalue weighted by atomic mass is 9.76. The molecule has 8 heteroatoms. The van der Waals surface area contributed by atoms with Gasteiger partial charge in [-0.1, -0.05) is 42.5 Å². The summed E-state index contributed by atoms with van der Waals surface area (Å²) in [6.07, 6.45) is 4.55. The summed E-state index contributed by atoms with van der Waals surface area (Å²) in [6.45, 7) is 3.90. The Morgan fingerprint density at radius 1 is 0.740 bits per heavy atom. The summed E-state index contributed by atoms with van der Waals surface area (Å²) in [5.41, 5.74) is 4.92. The summed E-state index contributed by atoms with van der Waals surface area (Å²) < 4.78 is 22.3. The number of benzene rings is 5. The smallest absolute Gasteiger partial charge is 0.340 e. The van der Waals surface area contributed by atoms with Crippen molar-refractivity contribution in [2.24, 2.45) is 0 Å². The molecule has 2 saturated heterocycles. The van der Waals surface area contributed by atoms with Crippen molar-refractivity contribution in [2.45, 2.75) is 31.3 Å². The Labute approximate surface area is 287 Å². The van der Waals surface area contributed by atoms with Gasteiger partial charge in [0.25, 0.3) is 0 Å². The summed E-state index contributed by atoms with van der Waals surface area (Å²) in [4.78, 5) is 28.5. The van der Waals surface area contributed by atoms with Crippen LogP contribution in [0.3, 0.4) is 0 Å². The van der Waals surface area contributed by atoms with Crippen molar-refractivity contribution in [2.75, 3.05) is 31.1 Å². The predicted octanol–water partition coefficient (Wildman–Crippen LogP) is 6.30. The number of aromatic carboxylic acids is 1. The van der Waals surface area contributed by atoms with Gasteiger partial charge in [-0.2, -0.15) is 0 Å². The fourth-order valence-electron chi connectivity index (χ4n) is 8.55. The van der Waals surface area contributed by atoms with E-state index in [-0.39, 0.29) is 5.56 Å². The van der Waals surface area contributed by atoms with Crippen LogP contribution in [0.4, 0.5) is 5.69 Å². The number of fused-ring (bicyclic) bond motifs is 8. The zero-order valence-corrected chi connectivity index (χ0v) is 27.2. The molecule has 1 aliphatic carbocycles. The van der Waals surface area contributed by atoms with E-state index in [0.717, 1.165) is 79.6 Å². The summed E-state index contributed by atoms with van der Waals surface area (Å²) in [5, 5.41) is 14.3. The molecule has 0 amide bonds. The molecule has 6 aliphatic rings. The Hall–Kier alpha value is -5.89. The van der Waals surface area contributed by atoms with Crippen LogP contribution >= 0.6 is 0 Å². The number of esters is 1. The Bertz CT molecular complexity index is 2470. The first-order valence-corrected chi connectivity index (χ1v) is 17.3. The van der Waals surface area contributed by atoms with E-state index in [4.69, 9.17) is 13.9 Å². The maximum absolute atomic E-state index is 13.7. The van der Waals surface area contributed by atoms with Gasteiger partial charge in [-0.05, 0) is 48.7 Å². The quantitative estimate of drug-likeness (QED) is 0.125. The first-order valence-electron chi connectivity index (χ1n) is 17.3. The standard InChI is InChI=1S/C42H32N2O6/c45-40(46)28-10-2-1-9-27(28)39-30-15-13-25(43-17-5-6-18-43)21-35(30)48-36-24-38-34(23-31(36)39)42(32-12-4-3-11-29(32)41(47)50-42)33-16-14-26(22-37(33)49-38)44-19-7-8-20-44/h1-4,9-16,21-24H,5-8,17-20H2/t42-/m0/s1. The van der Waals surface area contributed by atoms with Crippen LogP contribution in [-0.2, 0) is 10.3 Å². The van der Waals surface area contributed by atoms with Crippen molar-refractivity contribution in [1.29, 1.82) is 0 Å². The van der Waals surface area contributed by atoms with Crippen LogP contribution in [0.1, 0.15) is 63.1 Å². The van der Waals surface area contributed by atoms with Crippen LogP contribution in [-0.4, -0.2) is 38.1 Å². The van der Waals surface area contributed by atoms with Crippen LogP contribution in [0.15, 0.2) is 101 Å². The molecule has 0 radical (unpaired) electrons. The maximum Gasteiger partial charge on any atom is 0.340 e. The Balaban J connectivity index is 1.30. The van der Waals surface area contributed by atoms with Crippen molar-refractivity contribution in [3.8, 4) is 33.9 Å². The number of carbonyl (C=O) groups is 2.